The molecule has 1 aliphatic heterocycles. The number of benzene rings is 1. The van der Waals surface area contributed by atoms with E-state index in [9.17, 15) is 16.8 Å². The normalized spacial score (nSPS) is 20.0. The molecule has 0 radical (unpaired) electrons. The minimum absolute atomic E-state index is 0.0747. The monoisotopic (exact) mass is 347 g/mol. The molecule has 1 atom stereocenters. The lowest BCUT2D eigenvalue weighted by Gasteiger charge is -2.23. The van der Waals surface area contributed by atoms with Crippen molar-refractivity contribution >= 4 is 20.0 Å². The lowest BCUT2D eigenvalue weighted by atomic mass is 10.1. The summed E-state index contributed by atoms with van der Waals surface area (Å²) >= 11 is 0. The second-order valence-electron chi connectivity index (χ2n) is 5.30. The van der Waals surface area contributed by atoms with Crippen molar-refractivity contribution in [2.75, 3.05) is 20.1 Å². The zero-order chi connectivity index (χ0) is 16.4. The van der Waals surface area contributed by atoms with Crippen LogP contribution in [-0.2, 0) is 20.0 Å². The van der Waals surface area contributed by atoms with Crippen LogP contribution < -0.4 is 14.8 Å². The predicted molar refractivity (Wildman–Crippen MR) is 83.6 cm³/mol. The van der Waals surface area contributed by atoms with E-state index in [4.69, 9.17) is 0 Å². The van der Waals surface area contributed by atoms with Gasteiger partial charge in [-0.15, -0.1) is 0 Å². The van der Waals surface area contributed by atoms with Crippen molar-refractivity contribution in [1.29, 1.82) is 0 Å². The van der Waals surface area contributed by atoms with Crippen LogP contribution in [0.2, 0.25) is 0 Å². The van der Waals surface area contributed by atoms with Crippen molar-refractivity contribution in [3.05, 3.63) is 23.8 Å². The Balaban J connectivity index is 2.27. The molecule has 0 saturated carbocycles. The summed E-state index contributed by atoms with van der Waals surface area (Å²) in [7, 11) is -5.93. The Labute approximate surface area is 131 Å². The highest BCUT2D eigenvalue weighted by atomic mass is 32.2. The topological polar surface area (TPSA) is 104 Å². The van der Waals surface area contributed by atoms with E-state index in [1.165, 1.54) is 25.2 Å². The van der Waals surface area contributed by atoms with Gasteiger partial charge in [0.15, 0.2) is 0 Å². The molecule has 7 nitrogen and oxygen atoms in total. The van der Waals surface area contributed by atoms with Crippen LogP contribution in [0.1, 0.15) is 18.4 Å². The number of hydrogen-bond acceptors (Lipinski definition) is 5. The van der Waals surface area contributed by atoms with Gasteiger partial charge in [-0.3, -0.25) is 0 Å². The Morgan fingerprint density at radius 1 is 1.18 bits per heavy atom. The maximum absolute atomic E-state index is 12.4. The second-order valence-corrected chi connectivity index (χ2v) is 8.87. The summed E-state index contributed by atoms with van der Waals surface area (Å²) in [5.74, 6) is 0. The van der Waals surface area contributed by atoms with Gasteiger partial charge < -0.3 is 5.32 Å². The molecule has 1 aliphatic rings. The zero-order valence-electron chi connectivity index (χ0n) is 12.6. The minimum Gasteiger partial charge on any atom is -0.315 e. The van der Waals surface area contributed by atoms with Gasteiger partial charge >= 0.3 is 0 Å². The van der Waals surface area contributed by atoms with Crippen LogP contribution in [0.15, 0.2) is 28.0 Å². The third kappa shape index (κ3) is 3.85. The summed E-state index contributed by atoms with van der Waals surface area (Å²) in [5, 5.41) is 3.14. The van der Waals surface area contributed by atoms with Crippen LogP contribution in [0.5, 0.6) is 0 Å². The van der Waals surface area contributed by atoms with Gasteiger partial charge in [0, 0.05) is 12.6 Å². The number of aryl methyl sites for hydroxylation is 1. The van der Waals surface area contributed by atoms with Crippen LogP contribution in [0.25, 0.3) is 0 Å². The molecule has 1 fully saturated rings. The number of nitrogens with one attached hydrogen (secondary N) is 3. The van der Waals surface area contributed by atoms with Gasteiger partial charge in [-0.1, -0.05) is 0 Å². The van der Waals surface area contributed by atoms with Crippen molar-refractivity contribution in [1.82, 2.24) is 14.8 Å². The SMILES string of the molecule is CNS(=O)(=O)c1ccc(S(=O)(=O)N[C@@H]2CCCNC2)cc1C. The first kappa shape index (κ1) is 17.4. The van der Waals surface area contributed by atoms with E-state index in [0.717, 1.165) is 19.4 Å². The standard InChI is InChI=1S/C13H21N3O4S2/c1-10-8-12(5-6-13(10)22(19,20)14-2)21(17,18)16-11-4-3-7-15-9-11/h5-6,8,11,14-16H,3-4,7,9H2,1-2H3/t11-/m1/s1. The summed E-state index contributed by atoms with van der Waals surface area (Å²) in [4.78, 5) is 0.152. The molecule has 3 N–H and O–H groups in total. The molecule has 0 aromatic heterocycles. The summed E-state index contributed by atoms with van der Waals surface area (Å²) in [6.45, 7) is 3.07. The molecule has 0 spiro atoms. The first-order chi connectivity index (χ1) is 10.3. The molecule has 0 aliphatic carbocycles. The van der Waals surface area contributed by atoms with Gasteiger partial charge in [-0.25, -0.2) is 26.3 Å². The number of piperidine rings is 1. The maximum atomic E-state index is 12.4. The van der Waals surface area contributed by atoms with E-state index in [1.807, 2.05) is 0 Å². The number of sulfonamides is 2. The van der Waals surface area contributed by atoms with E-state index < -0.39 is 20.0 Å². The predicted octanol–water partition coefficient (Wildman–Crippen LogP) is -0.0666. The zero-order valence-corrected chi connectivity index (χ0v) is 14.2. The van der Waals surface area contributed by atoms with Crippen molar-refractivity contribution in [3.8, 4) is 0 Å². The van der Waals surface area contributed by atoms with Gasteiger partial charge in [-0.05, 0) is 57.1 Å². The van der Waals surface area contributed by atoms with E-state index in [1.54, 1.807) is 6.92 Å². The summed E-state index contributed by atoms with van der Waals surface area (Å²) in [6, 6.07) is 3.87. The van der Waals surface area contributed by atoms with E-state index in [0.29, 0.717) is 12.1 Å². The fourth-order valence-corrected chi connectivity index (χ4v) is 4.75. The molecule has 1 heterocycles. The summed E-state index contributed by atoms with van der Waals surface area (Å²) in [5.41, 5.74) is 0.388. The molecular weight excluding hydrogens is 326 g/mol. The van der Waals surface area contributed by atoms with Crippen molar-refractivity contribution < 1.29 is 16.8 Å². The molecule has 1 aromatic rings. The Morgan fingerprint density at radius 2 is 1.91 bits per heavy atom. The van der Waals surface area contributed by atoms with Crippen LogP contribution >= 0.6 is 0 Å². The quantitative estimate of drug-likeness (QED) is 0.692. The largest absolute Gasteiger partial charge is 0.315 e. The average Bonchev–Trinajstić information content (AvgIpc) is 2.47. The van der Waals surface area contributed by atoms with E-state index >= 15 is 0 Å². The van der Waals surface area contributed by atoms with Crippen molar-refractivity contribution in [2.24, 2.45) is 0 Å². The number of rotatable bonds is 5. The lowest BCUT2D eigenvalue weighted by Crippen LogP contribution is -2.45. The molecule has 22 heavy (non-hydrogen) atoms. The Hall–Kier alpha value is -1.00. The van der Waals surface area contributed by atoms with Crippen LogP contribution in [0.4, 0.5) is 0 Å². The lowest BCUT2D eigenvalue weighted by molar-refractivity contribution is 0.428. The Bertz CT molecular complexity index is 739. The van der Waals surface area contributed by atoms with Gasteiger partial charge in [0.2, 0.25) is 20.0 Å². The van der Waals surface area contributed by atoms with E-state index in [2.05, 4.69) is 14.8 Å². The average molecular weight is 347 g/mol. The molecule has 0 bridgehead atoms. The second kappa shape index (κ2) is 6.63. The fourth-order valence-electron chi connectivity index (χ4n) is 2.44. The molecule has 0 unspecified atom stereocenters. The third-order valence-corrected chi connectivity index (χ3v) is 6.73. The molecule has 9 heteroatoms. The number of hydrogen-bond donors (Lipinski definition) is 3. The Morgan fingerprint density at radius 3 is 2.45 bits per heavy atom. The highest BCUT2D eigenvalue weighted by molar-refractivity contribution is 7.90. The minimum atomic E-state index is -3.66. The van der Waals surface area contributed by atoms with Crippen LogP contribution in [-0.4, -0.2) is 43.0 Å². The van der Waals surface area contributed by atoms with Crippen LogP contribution in [0, 0.1) is 6.92 Å². The van der Waals surface area contributed by atoms with Gasteiger partial charge in [-0.2, -0.15) is 0 Å². The molecule has 1 saturated heterocycles. The van der Waals surface area contributed by atoms with Crippen molar-refractivity contribution in [2.45, 2.75) is 35.6 Å². The first-order valence-electron chi connectivity index (χ1n) is 7.03. The highest BCUT2D eigenvalue weighted by Gasteiger charge is 2.23. The fraction of sp³-hybridized carbons (Fsp3) is 0.538. The smallest absolute Gasteiger partial charge is 0.240 e. The summed E-state index contributed by atoms with van der Waals surface area (Å²) in [6.07, 6.45) is 1.71. The van der Waals surface area contributed by atoms with Gasteiger partial charge in [0.1, 0.15) is 0 Å². The molecule has 1 aromatic carbocycles. The maximum Gasteiger partial charge on any atom is 0.240 e. The van der Waals surface area contributed by atoms with Gasteiger partial charge in [0.05, 0.1) is 9.79 Å². The third-order valence-electron chi connectivity index (χ3n) is 3.63. The molecular formula is C13H21N3O4S2. The molecule has 0 amide bonds. The molecule has 2 rings (SSSR count). The Kier molecular flexibility index (Phi) is 5.23. The van der Waals surface area contributed by atoms with Gasteiger partial charge in [0.25, 0.3) is 0 Å². The van der Waals surface area contributed by atoms with Crippen LogP contribution in [0.3, 0.4) is 0 Å². The highest BCUT2D eigenvalue weighted by Crippen LogP contribution is 2.20. The van der Waals surface area contributed by atoms with E-state index in [-0.39, 0.29) is 15.8 Å². The molecule has 124 valence electrons. The first-order valence-corrected chi connectivity index (χ1v) is 10.00. The van der Waals surface area contributed by atoms with Crippen molar-refractivity contribution in [3.63, 3.8) is 0 Å². The summed E-state index contributed by atoms with van der Waals surface area (Å²) < 4.78 is 53.3.